The average molecular weight is 275 g/mol. The summed E-state index contributed by atoms with van der Waals surface area (Å²) in [7, 11) is 0. The Labute approximate surface area is 118 Å². The van der Waals surface area contributed by atoms with E-state index in [0.29, 0.717) is 24.1 Å². The van der Waals surface area contributed by atoms with Gasteiger partial charge in [0.2, 0.25) is 0 Å². The van der Waals surface area contributed by atoms with E-state index in [9.17, 15) is 8.78 Å². The van der Waals surface area contributed by atoms with Gasteiger partial charge in [0.1, 0.15) is 11.6 Å². The number of hydrogen-bond acceptors (Lipinski definition) is 1. The molecule has 1 atom stereocenters. The summed E-state index contributed by atoms with van der Waals surface area (Å²) in [5, 5.41) is 3.13. The van der Waals surface area contributed by atoms with Crippen LogP contribution in [0.2, 0.25) is 0 Å². The van der Waals surface area contributed by atoms with Crippen molar-refractivity contribution >= 4 is 5.69 Å². The fourth-order valence-electron chi connectivity index (χ4n) is 2.32. The molecule has 2 aromatic carbocycles. The van der Waals surface area contributed by atoms with Gasteiger partial charge in [-0.05, 0) is 23.6 Å². The summed E-state index contributed by atoms with van der Waals surface area (Å²) in [4.78, 5) is 0. The Balaban J connectivity index is 2.10. The highest BCUT2D eigenvalue weighted by Crippen LogP contribution is 2.25. The monoisotopic (exact) mass is 275 g/mol. The first-order valence-electron chi connectivity index (χ1n) is 6.81. The topological polar surface area (TPSA) is 12.0 Å². The van der Waals surface area contributed by atoms with Crippen LogP contribution in [0.1, 0.15) is 25.3 Å². The average Bonchev–Trinajstić information content (AvgIpc) is 2.38. The Bertz CT molecular complexity index is 532. The summed E-state index contributed by atoms with van der Waals surface area (Å²) in [6.45, 7) is 4.93. The second-order valence-electron chi connectivity index (χ2n) is 5.30. The van der Waals surface area contributed by atoms with E-state index in [1.165, 1.54) is 17.7 Å². The maximum absolute atomic E-state index is 13.2. The van der Waals surface area contributed by atoms with Gasteiger partial charge >= 0.3 is 0 Å². The molecule has 2 aromatic rings. The molecule has 0 aliphatic heterocycles. The van der Waals surface area contributed by atoms with E-state index in [1.807, 2.05) is 18.2 Å². The molecule has 2 rings (SSSR count). The molecule has 0 aromatic heterocycles. The quantitative estimate of drug-likeness (QED) is 0.825. The maximum Gasteiger partial charge on any atom is 0.128 e. The van der Waals surface area contributed by atoms with Gasteiger partial charge < -0.3 is 5.32 Å². The van der Waals surface area contributed by atoms with Crippen LogP contribution >= 0.6 is 0 Å². The Kier molecular flexibility index (Phi) is 4.72. The second kappa shape index (κ2) is 6.51. The van der Waals surface area contributed by atoms with Gasteiger partial charge in [0.15, 0.2) is 0 Å². The zero-order chi connectivity index (χ0) is 14.5. The second-order valence-corrected chi connectivity index (χ2v) is 5.30. The van der Waals surface area contributed by atoms with E-state index in [-0.39, 0.29) is 0 Å². The lowest BCUT2D eigenvalue weighted by atomic mass is 9.88. The molecule has 3 heteroatoms. The van der Waals surface area contributed by atoms with Gasteiger partial charge in [-0.15, -0.1) is 0 Å². The van der Waals surface area contributed by atoms with Crippen LogP contribution in [0.5, 0.6) is 0 Å². The lowest BCUT2D eigenvalue weighted by Gasteiger charge is -2.22. The summed E-state index contributed by atoms with van der Waals surface area (Å²) in [6, 6.07) is 13.7. The molecule has 1 N–H and O–H groups in total. The molecule has 0 bridgehead atoms. The molecule has 20 heavy (non-hydrogen) atoms. The van der Waals surface area contributed by atoms with Crippen molar-refractivity contribution in [3.8, 4) is 0 Å². The van der Waals surface area contributed by atoms with Crippen LogP contribution in [-0.4, -0.2) is 6.54 Å². The fourth-order valence-corrected chi connectivity index (χ4v) is 2.32. The minimum Gasteiger partial charge on any atom is -0.384 e. The maximum atomic E-state index is 13.2. The van der Waals surface area contributed by atoms with Gasteiger partial charge in [-0.2, -0.15) is 0 Å². The number of halogens is 2. The predicted molar refractivity (Wildman–Crippen MR) is 78.9 cm³/mol. The summed E-state index contributed by atoms with van der Waals surface area (Å²) in [5.41, 5.74) is 1.70. The van der Waals surface area contributed by atoms with Crippen molar-refractivity contribution in [3.63, 3.8) is 0 Å². The Morgan fingerprint density at radius 1 is 0.950 bits per heavy atom. The van der Waals surface area contributed by atoms with E-state index in [0.717, 1.165) is 6.07 Å². The molecule has 0 fully saturated rings. The van der Waals surface area contributed by atoms with Crippen LogP contribution in [-0.2, 0) is 0 Å². The van der Waals surface area contributed by atoms with Crippen LogP contribution in [0.15, 0.2) is 48.5 Å². The zero-order valence-corrected chi connectivity index (χ0v) is 11.7. The van der Waals surface area contributed by atoms with Crippen molar-refractivity contribution < 1.29 is 8.78 Å². The molecule has 106 valence electrons. The highest BCUT2D eigenvalue weighted by atomic mass is 19.1. The van der Waals surface area contributed by atoms with Crippen molar-refractivity contribution in [2.24, 2.45) is 5.92 Å². The minimum atomic E-state index is -0.562. The lowest BCUT2D eigenvalue weighted by Crippen LogP contribution is -2.17. The molecular weight excluding hydrogens is 256 g/mol. The summed E-state index contributed by atoms with van der Waals surface area (Å²) in [6.07, 6.45) is 0. The van der Waals surface area contributed by atoms with Crippen molar-refractivity contribution in [2.75, 3.05) is 11.9 Å². The highest BCUT2D eigenvalue weighted by molar-refractivity contribution is 5.44. The SMILES string of the molecule is CC(C)C(CNc1cc(F)cc(F)c1)c1ccccc1. The van der Waals surface area contributed by atoms with Gasteiger partial charge in [-0.25, -0.2) is 8.78 Å². The number of nitrogens with one attached hydrogen (secondary N) is 1. The molecule has 0 saturated heterocycles. The van der Waals surface area contributed by atoms with E-state index in [4.69, 9.17) is 0 Å². The molecule has 0 aliphatic rings. The Morgan fingerprint density at radius 2 is 1.55 bits per heavy atom. The summed E-state index contributed by atoms with van der Waals surface area (Å²) < 4.78 is 26.3. The molecule has 1 unspecified atom stereocenters. The Hall–Kier alpha value is -1.90. The number of rotatable bonds is 5. The van der Waals surface area contributed by atoms with Crippen LogP contribution in [0, 0.1) is 17.6 Å². The van der Waals surface area contributed by atoms with Gasteiger partial charge in [0.05, 0.1) is 0 Å². The number of hydrogen-bond donors (Lipinski definition) is 1. The first kappa shape index (κ1) is 14.5. The smallest absolute Gasteiger partial charge is 0.128 e. The van der Waals surface area contributed by atoms with Crippen molar-refractivity contribution in [2.45, 2.75) is 19.8 Å². The third-order valence-corrected chi connectivity index (χ3v) is 3.42. The first-order chi connectivity index (χ1) is 9.56. The van der Waals surface area contributed by atoms with Gasteiger partial charge in [-0.1, -0.05) is 44.2 Å². The number of benzene rings is 2. The van der Waals surface area contributed by atoms with Crippen molar-refractivity contribution in [1.82, 2.24) is 0 Å². The third-order valence-electron chi connectivity index (χ3n) is 3.42. The van der Waals surface area contributed by atoms with E-state index in [2.05, 4.69) is 31.3 Å². The van der Waals surface area contributed by atoms with Crippen molar-refractivity contribution in [1.29, 1.82) is 0 Å². The van der Waals surface area contributed by atoms with Crippen LogP contribution in [0.4, 0.5) is 14.5 Å². The molecule has 0 spiro atoms. The predicted octanol–water partition coefficient (Wildman–Crippen LogP) is 4.82. The van der Waals surface area contributed by atoms with Crippen LogP contribution in [0.25, 0.3) is 0 Å². The molecule has 0 heterocycles. The molecule has 0 aliphatic carbocycles. The van der Waals surface area contributed by atoms with Crippen molar-refractivity contribution in [3.05, 3.63) is 65.7 Å². The Morgan fingerprint density at radius 3 is 2.10 bits per heavy atom. The van der Waals surface area contributed by atoms with Gasteiger partial charge in [-0.3, -0.25) is 0 Å². The molecule has 0 saturated carbocycles. The number of anilines is 1. The summed E-state index contributed by atoms with van der Waals surface area (Å²) in [5.74, 6) is -0.396. The normalized spacial score (nSPS) is 12.4. The van der Waals surface area contributed by atoms with E-state index in [1.54, 1.807) is 0 Å². The van der Waals surface area contributed by atoms with Gasteiger partial charge in [0.25, 0.3) is 0 Å². The zero-order valence-electron chi connectivity index (χ0n) is 11.7. The van der Waals surface area contributed by atoms with E-state index >= 15 is 0 Å². The fraction of sp³-hybridized carbons (Fsp3) is 0.294. The first-order valence-corrected chi connectivity index (χ1v) is 6.81. The third kappa shape index (κ3) is 3.80. The standard InChI is InChI=1S/C17H19F2N/c1-12(2)17(13-6-4-3-5-7-13)11-20-16-9-14(18)8-15(19)10-16/h3-10,12,17,20H,11H2,1-2H3. The van der Waals surface area contributed by atoms with Crippen LogP contribution < -0.4 is 5.32 Å². The lowest BCUT2D eigenvalue weighted by molar-refractivity contribution is 0.516. The summed E-state index contributed by atoms with van der Waals surface area (Å²) >= 11 is 0. The highest BCUT2D eigenvalue weighted by Gasteiger charge is 2.15. The molecule has 0 amide bonds. The van der Waals surface area contributed by atoms with E-state index < -0.39 is 11.6 Å². The molecular formula is C17H19F2N. The molecule has 0 radical (unpaired) electrons. The minimum absolute atomic E-state index is 0.294. The van der Waals surface area contributed by atoms with Crippen LogP contribution in [0.3, 0.4) is 0 Å². The largest absolute Gasteiger partial charge is 0.384 e. The molecule has 1 nitrogen and oxygen atoms in total. The van der Waals surface area contributed by atoms with Gasteiger partial charge in [0, 0.05) is 24.2 Å².